The van der Waals surface area contributed by atoms with Crippen molar-refractivity contribution in [2.75, 3.05) is 59.5 Å². The maximum absolute atomic E-state index is 12.2. The fourth-order valence-electron chi connectivity index (χ4n) is 2.32. The molecule has 2 saturated heterocycles. The maximum Gasteiger partial charge on any atom is 0.240 e. The van der Waals surface area contributed by atoms with E-state index < -0.39 is 0 Å². The molecule has 6 nitrogen and oxygen atoms in total. The predicted molar refractivity (Wildman–Crippen MR) is 69.1 cm³/mol. The molecule has 1 amide bonds. The summed E-state index contributed by atoms with van der Waals surface area (Å²) in [5.41, 5.74) is 3.31. The summed E-state index contributed by atoms with van der Waals surface area (Å²) in [7, 11) is 2.12. The Morgan fingerprint density at radius 3 is 2.33 bits per heavy atom. The van der Waals surface area contributed by atoms with Gasteiger partial charge in [0.25, 0.3) is 0 Å². The normalized spacial score (nSPS) is 25.1. The summed E-state index contributed by atoms with van der Waals surface area (Å²) in [5.74, 6) is 0.178. The highest BCUT2D eigenvalue weighted by molar-refractivity contribution is 5.81. The standard InChI is InChI=1S/C12H24N4O2/c1-11(12(17)15-7-9-18-10-8-15)13-16-5-3-14(2)4-6-16/h11,13H,3-10H2,1-2H3. The van der Waals surface area contributed by atoms with Crippen molar-refractivity contribution >= 4 is 5.91 Å². The van der Waals surface area contributed by atoms with Crippen LogP contribution in [0.1, 0.15) is 6.92 Å². The van der Waals surface area contributed by atoms with Crippen LogP contribution in [0.3, 0.4) is 0 Å². The van der Waals surface area contributed by atoms with E-state index in [1.165, 1.54) is 0 Å². The van der Waals surface area contributed by atoms with Gasteiger partial charge in [0.2, 0.25) is 5.91 Å². The van der Waals surface area contributed by atoms with Crippen molar-refractivity contribution in [3.05, 3.63) is 0 Å². The summed E-state index contributed by atoms with van der Waals surface area (Å²) < 4.78 is 5.26. The lowest BCUT2D eigenvalue weighted by Crippen LogP contribution is -2.57. The van der Waals surface area contributed by atoms with Gasteiger partial charge in [-0.1, -0.05) is 0 Å². The molecule has 104 valence electrons. The van der Waals surface area contributed by atoms with Crippen LogP contribution in [0.2, 0.25) is 0 Å². The van der Waals surface area contributed by atoms with Crippen LogP contribution in [0.4, 0.5) is 0 Å². The van der Waals surface area contributed by atoms with Gasteiger partial charge in [-0.2, -0.15) is 0 Å². The first-order valence-electron chi connectivity index (χ1n) is 6.73. The number of amides is 1. The molecular formula is C12H24N4O2. The van der Waals surface area contributed by atoms with Crippen LogP contribution in [0.5, 0.6) is 0 Å². The number of nitrogens with one attached hydrogen (secondary N) is 1. The zero-order chi connectivity index (χ0) is 13.0. The van der Waals surface area contributed by atoms with Gasteiger partial charge < -0.3 is 14.5 Å². The molecule has 2 rings (SSSR count). The number of hydrogen-bond acceptors (Lipinski definition) is 5. The van der Waals surface area contributed by atoms with Crippen molar-refractivity contribution in [1.29, 1.82) is 0 Å². The van der Waals surface area contributed by atoms with E-state index in [9.17, 15) is 4.79 Å². The molecule has 2 fully saturated rings. The third-order valence-corrected chi connectivity index (χ3v) is 3.57. The smallest absolute Gasteiger partial charge is 0.240 e. The Hall–Kier alpha value is -0.690. The number of nitrogens with zero attached hydrogens (tertiary/aromatic N) is 3. The van der Waals surface area contributed by atoms with E-state index in [2.05, 4.69) is 22.4 Å². The fourth-order valence-corrected chi connectivity index (χ4v) is 2.32. The summed E-state index contributed by atoms with van der Waals surface area (Å²) in [5, 5.41) is 2.16. The van der Waals surface area contributed by atoms with Crippen molar-refractivity contribution in [2.45, 2.75) is 13.0 Å². The van der Waals surface area contributed by atoms with E-state index in [4.69, 9.17) is 4.74 Å². The molecule has 0 bridgehead atoms. The maximum atomic E-state index is 12.2. The first kappa shape index (κ1) is 13.7. The molecule has 0 radical (unpaired) electrons. The fraction of sp³-hybridized carbons (Fsp3) is 0.917. The number of hydrogen-bond donors (Lipinski definition) is 1. The Labute approximate surface area is 109 Å². The number of likely N-dealkylation sites (N-methyl/N-ethyl adjacent to an activating group) is 1. The summed E-state index contributed by atoms with van der Waals surface area (Å²) in [6.45, 7) is 8.72. The van der Waals surface area contributed by atoms with Gasteiger partial charge in [-0.3, -0.25) is 4.79 Å². The Morgan fingerprint density at radius 1 is 1.11 bits per heavy atom. The molecule has 1 N–H and O–H groups in total. The van der Waals surface area contributed by atoms with E-state index in [0.717, 1.165) is 26.2 Å². The SMILES string of the molecule is CC(NN1CCN(C)CC1)C(=O)N1CCOCC1. The number of carbonyl (C=O) groups excluding carboxylic acids is 1. The molecule has 0 spiro atoms. The van der Waals surface area contributed by atoms with Crippen molar-refractivity contribution in [3.8, 4) is 0 Å². The average Bonchev–Trinajstić information content (AvgIpc) is 2.41. The minimum Gasteiger partial charge on any atom is -0.378 e. The molecule has 18 heavy (non-hydrogen) atoms. The number of piperazine rings is 1. The molecule has 6 heteroatoms. The van der Waals surface area contributed by atoms with E-state index in [1.807, 2.05) is 11.8 Å². The van der Waals surface area contributed by atoms with Crippen molar-refractivity contribution in [3.63, 3.8) is 0 Å². The van der Waals surface area contributed by atoms with Gasteiger partial charge in [0.05, 0.1) is 19.3 Å². The quantitative estimate of drug-likeness (QED) is 0.701. The molecule has 0 saturated carbocycles. The van der Waals surface area contributed by atoms with Crippen LogP contribution >= 0.6 is 0 Å². The van der Waals surface area contributed by atoms with Crippen molar-refractivity contribution in [2.24, 2.45) is 0 Å². The van der Waals surface area contributed by atoms with Crippen LogP contribution in [0.15, 0.2) is 0 Å². The zero-order valence-electron chi connectivity index (χ0n) is 11.4. The highest BCUT2D eigenvalue weighted by atomic mass is 16.5. The Morgan fingerprint density at radius 2 is 1.72 bits per heavy atom. The molecule has 0 aliphatic carbocycles. The second-order valence-corrected chi connectivity index (χ2v) is 5.08. The van der Waals surface area contributed by atoms with E-state index in [0.29, 0.717) is 26.3 Å². The molecule has 2 aliphatic rings. The van der Waals surface area contributed by atoms with Gasteiger partial charge in [0.15, 0.2) is 0 Å². The van der Waals surface area contributed by atoms with E-state index in [-0.39, 0.29) is 11.9 Å². The van der Waals surface area contributed by atoms with Gasteiger partial charge in [0, 0.05) is 39.3 Å². The van der Waals surface area contributed by atoms with Crippen LogP contribution in [-0.4, -0.2) is 86.3 Å². The Balaban J connectivity index is 1.76. The van der Waals surface area contributed by atoms with E-state index >= 15 is 0 Å². The van der Waals surface area contributed by atoms with Gasteiger partial charge in [-0.15, -0.1) is 0 Å². The number of ether oxygens (including phenoxy) is 1. The van der Waals surface area contributed by atoms with E-state index in [1.54, 1.807) is 0 Å². The lowest BCUT2D eigenvalue weighted by molar-refractivity contribution is -0.138. The molecule has 1 atom stereocenters. The first-order chi connectivity index (χ1) is 8.66. The molecule has 1 unspecified atom stereocenters. The van der Waals surface area contributed by atoms with Crippen LogP contribution < -0.4 is 5.43 Å². The number of carbonyl (C=O) groups is 1. The monoisotopic (exact) mass is 256 g/mol. The number of hydrazine groups is 1. The van der Waals surface area contributed by atoms with Crippen molar-refractivity contribution in [1.82, 2.24) is 20.2 Å². The third-order valence-electron chi connectivity index (χ3n) is 3.57. The highest BCUT2D eigenvalue weighted by Crippen LogP contribution is 2.02. The van der Waals surface area contributed by atoms with Crippen LogP contribution in [-0.2, 0) is 9.53 Å². The van der Waals surface area contributed by atoms with Crippen molar-refractivity contribution < 1.29 is 9.53 Å². The number of morpholine rings is 1. The zero-order valence-corrected chi connectivity index (χ0v) is 11.4. The topological polar surface area (TPSA) is 48.0 Å². The van der Waals surface area contributed by atoms with Gasteiger partial charge in [-0.05, 0) is 14.0 Å². The minimum absolute atomic E-state index is 0.147. The van der Waals surface area contributed by atoms with Crippen LogP contribution in [0.25, 0.3) is 0 Å². The summed E-state index contributed by atoms with van der Waals surface area (Å²) in [6.07, 6.45) is 0. The Kier molecular flexibility index (Phi) is 4.94. The average molecular weight is 256 g/mol. The summed E-state index contributed by atoms with van der Waals surface area (Å²) >= 11 is 0. The molecular weight excluding hydrogens is 232 g/mol. The second-order valence-electron chi connectivity index (χ2n) is 5.08. The highest BCUT2D eigenvalue weighted by Gasteiger charge is 2.24. The van der Waals surface area contributed by atoms with Gasteiger partial charge >= 0.3 is 0 Å². The Bertz CT molecular complexity index is 273. The second kappa shape index (κ2) is 6.47. The predicted octanol–water partition coefficient (Wildman–Crippen LogP) is -1.01. The third kappa shape index (κ3) is 3.65. The molecule has 2 aliphatic heterocycles. The molecule has 0 aromatic carbocycles. The summed E-state index contributed by atoms with van der Waals surface area (Å²) in [4.78, 5) is 16.4. The minimum atomic E-state index is -0.147. The summed E-state index contributed by atoms with van der Waals surface area (Å²) in [6, 6.07) is -0.147. The molecule has 2 heterocycles. The molecule has 0 aromatic heterocycles. The largest absolute Gasteiger partial charge is 0.378 e. The van der Waals surface area contributed by atoms with Gasteiger partial charge in [-0.25, -0.2) is 10.4 Å². The number of rotatable bonds is 3. The van der Waals surface area contributed by atoms with Gasteiger partial charge in [0.1, 0.15) is 0 Å². The van der Waals surface area contributed by atoms with Crippen LogP contribution in [0, 0.1) is 0 Å². The molecule has 0 aromatic rings. The lowest BCUT2D eigenvalue weighted by Gasteiger charge is -2.36. The first-order valence-corrected chi connectivity index (χ1v) is 6.73. The lowest BCUT2D eigenvalue weighted by atomic mass is 10.2.